The molecule has 26 heavy (non-hydrogen) atoms. The van der Waals surface area contributed by atoms with Crippen molar-refractivity contribution in [2.24, 2.45) is 0 Å². The maximum atomic E-state index is 12.4. The second-order valence-electron chi connectivity index (χ2n) is 7.03. The number of aromatic amines is 1. The molecular formula is C22H21NO2S. The number of nitrogens with one attached hydrogen (secondary N) is 1. The van der Waals surface area contributed by atoms with Gasteiger partial charge < -0.3 is 10.1 Å². The Balaban J connectivity index is 2.14. The molecule has 4 aromatic rings. The second-order valence-corrected chi connectivity index (χ2v) is 7.95. The summed E-state index contributed by atoms with van der Waals surface area (Å²) in [4.78, 5) is 15.5. The van der Waals surface area contributed by atoms with Gasteiger partial charge in [-0.05, 0) is 52.1 Å². The van der Waals surface area contributed by atoms with Crippen molar-refractivity contribution >= 4 is 32.3 Å². The summed E-state index contributed by atoms with van der Waals surface area (Å²) in [6, 6.07) is 12.5. The molecule has 3 nitrogen and oxygen atoms in total. The molecule has 0 aliphatic rings. The molecule has 0 spiro atoms. The van der Waals surface area contributed by atoms with E-state index in [0.717, 1.165) is 43.2 Å². The standard InChI is InChI=1S/C22H21NO2S/c1-12(2)14-4-6-15(7-5-14)18-16(11-24)10-13(3)20-19(18)17-8-9-26-21(17)22(25)23-20/h4-10,12,24H,11H2,1-3H3,(H,23,25). The number of aryl methyl sites for hydroxylation is 1. The van der Waals surface area contributed by atoms with Gasteiger partial charge in [-0.25, -0.2) is 0 Å². The van der Waals surface area contributed by atoms with Crippen LogP contribution in [0.2, 0.25) is 0 Å². The van der Waals surface area contributed by atoms with E-state index in [4.69, 9.17) is 0 Å². The predicted molar refractivity (Wildman–Crippen MR) is 110 cm³/mol. The Morgan fingerprint density at radius 2 is 1.88 bits per heavy atom. The highest BCUT2D eigenvalue weighted by Crippen LogP contribution is 2.38. The maximum Gasteiger partial charge on any atom is 0.266 e. The zero-order valence-electron chi connectivity index (χ0n) is 15.1. The highest BCUT2D eigenvalue weighted by Gasteiger charge is 2.17. The van der Waals surface area contributed by atoms with Crippen LogP contribution in [0.5, 0.6) is 0 Å². The third-order valence-electron chi connectivity index (χ3n) is 5.02. The molecule has 0 fully saturated rings. The van der Waals surface area contributed by atoms with Gasteiger partial charge >= 0.3 is 0 Å². The number of aliphatic hydroxyl groups is 1. The van der Waals surface area contributed by atoms with Crippen LogP contribution in [-0.4, -0.2) is 10.1 Å². The number of aromatic nitrogens is 1. The Morgan fingerprint density at radius 1 is 1.15 bits per heavy atom. The first-order valence-corrected chi connectivity index (χ1v) is 9.66. The highest BCUT2D eigenvalue weighted by atomic mass is 32.1. The van der Waals surface area contributed by atoms with Crippen LogP contribution in [0.25, 0.3) is 32.1 Å². The van der Waals surface area contributed by atoms with Gasteiger partial charge in [0.2, 0.25) is 0 Å². The first kappa shape index (κ1) is 17.0. The van der Waals surface area contributed by atoms with Crippen LogP contribution in [-0.2, 0) is 6.61 Å². The van der Waals surface area contributed by atoms with Gasteiger partial charge in [0.25, 0.3) is 5.56 Å². The summed E-state index contributed by atoms with van der Waals surface area (Å²) in [5.74, 6) is 0.469. The molecule has 0 aliphatic heterocycles. The van der Waals surface area contributed by atoms with Crippen molar-refractivity contribution in [3.8, 4) is 11.1 Å². The van der Waals surface area contributed by atoms with Crippen molar-refractivity contribution < 1.29 is 5.11 Å². The molecule has 0 atom stereocenters. The van der Waals surface area contributed by atoms with E-state index >= 15 is 0 Å². The number of H-pyrrole nitrogens is 1. The minimum atomic E-state index is -0.0524. The quantitative estimate of drug-likeness (QED) is 0.516. The van der Waals surface area contributed by atoms with Gasteiger partial charge in [0.1, 0.15) is 4.70 Å². The van der Waals surface area contributed by atoms with Crippen molar-refractivity contribution in [3.05, 3.63) is 68.8 Å². The Hall–Kier alpha value is -2.43. The minimum absolute atomic E-state index is 0.0389. The molecule has 0 saturated carbocycles. The van der Waals surface area contributed by atoms with E-state index in [0.29, 0.717) is 5.92 Å². The minimum Gasteiger partial charge on any atom is -0.392 e. The largest absolute Gasteiger partial charge is 0.392 e. The summed E-state index contributed by atoms with van der Waals surface area (Å²) >= 11 is 1.45. The summed E-state index contributed by atoms with van der Waals surface area (Å²) < 4.78 is 0.729. The molecule has 0 radical (unpaired) electrons. The zero-order chi connectivity index (χ0) is 18.4. The second kappa shape index (κ2) is 6.38. The van der Waals surface area contributed by atoms with E-state index in [-0.39, 0.29) is 12.2 Å². The molecule has 0 amide bonds. The Kier molecular flexibility index (Phi) is 4.17. The molecular weight excluding hydrogens is 342 g/mol. The van der Waals surface area contributed by atoms with Crippen LogP contribution < -0.4 is 5.56 Å². The fourth-order valence-electron chi connectivity index (χ4n) is 3.66. The van der Waals surface area contributed by atoms with Crippen molar-refractivity contribution in [1.82, 2.24) is 4.98 Å². The van der Waals surface area contributed by atoms with E-state index in [2.05, 4.69) is 43.1 Å². The Labute approximate surface area is 155 Å². The molecule has 4 rings (SSSR count). The molecule has 132 valence electrons. The average molecular weight is 363 g/mol. The van der Waals surface area contributed by atoms with Crippen LogP contribution in [0.3, 0.4) is 0 Å². The average Bonchev–Trinajstić information content (AvgIpc) is 3.13. The molecule has 0 saturated heterocycles. The van der Waals surface area contributed by atoms with E-state index in [1.807, 2.05) is 24.4 Å². The van der Waals surface area contributed by atoms with Gasteiger partial charge in [-0.1, -0.05) is 44.2 Å². The lowest BCUT2D eigenvalue weighted by molar-refractivity contribution is 0.282. The SMILES string of the molecule is Cc1cc(CO)c(-c2ccc(C(C)C)cc2)c2c1[nH]c(=O)c1sccc12. The van der Waals surface area contributed by atoms with Crippen molar-refractivity contribution in [3.63, 3.8) is 0 Å². The van der Waals surface area contributed by atoms with E-state index in [9.17, 15) is 9.90 Å². The summed E-state index contributed by atoms with van der Waals surface area (Å²) in [5, 5.41) is 13.9. The number of thiophene rings is 1. The molecule has 2 N–H and O–H groups in total. The third-order valence-corrected chi connectivity index (χ3v) is 5.94. The molecule has 2 aromatic carbocycles. The first-order valence-electron chi connectivity index (χ1n) is 8.78. The predicted octanol–water partition coefficient (Wildman–Crippen LogP) is 5.33. The number of fused-ring (bicyclic) bond motifs is 3. The molecule has 4 heteroatoms. The van der Waals surface area contributed by atoms with Gasteiger partial charge in [-0.15, -0.1) is 11.3 Å². The molecule has 2 aromatic heterocycles. The Bertz CT molecular complexity index is 1170. The number of pyridine rings is 1. The topological polar surface area (TPSA) is 53.1 Å². The number of hydrogen-bond acceptors (Lipinski definition) is 3. The van der Waals surface area contributed by atoms with Crippen LogP contribution >= 0.6 is 11.3 Å². The van der Waals surface area contributed by atoms with Crippen LogP contribution in [0.4, 0.5) is 0 Å². The van der Waals surface area contributed by atoms with Gasteiger partial charge in [-0.3, -0.25) is 4.79 Å². The lowest BCUT2D eigenvalue weighted by Gasteiger charge is -2.16. The number of hydrogen-bond donors (Lipinski definition) is 2. The lowest BCUT2D eigenvalue weighted by Crippen LogP contribution is -2.07. The van der Waals surface area contributed by atoms with Gasteiger partial charge in [-0.2, -0.15) is 0 Å². The smallest absolute Gasteiger partial charge is 0.266 e. The van der Waals surface area contributed by atoms with Gasteiger partial charge in [0.15, 0.2) is 0 Å². The summed E-state index contributed by atoms with van der Waals surface area (Å²) in [5.41, 5.74) is 5.99. The fraction of sp³-hybridized carbons (Fsp3) is 0.227. The summed E-state index contributed by atoms with van der Waals surface area (Å²) in [6.07, 6.45) is 0. The van der Waals surface area contributed by atoms with E-state index < -0.39 is 0 Å². The lowest BCUT2D eigenvalue weighted by atomic mass is 9.90. The number of aliphatic hydroxyl groups excluding tert-OH is 1. The van der Waals surface area contributed by atoms with Crippen molar-refractivity contribution in [2.75, 3.05) is 0 Å². The van der Waals surface area contributed by atoms with Crippen LogP contribution in [0.15, 0.2) is 46.6 Å². The zero-order valence-corrected chi connectivity index (χ0v) is 15.9. The van der Waals surface area contributed by atoms with Crippen LogP contribution in [0, 0.1) is 6.92 Å². The number of rotatable bonds is 3. The monoisotopic (exact) mass is 363 g/mol. The molecule has 0 aliphatic carbocycles. The first-order chi connectivity index (χ1) is 12.5. The van der Waals surface area contributed by atoms with Crippen LogP contribution in [0.1, 0.15) is 36.5 Å². The molecule has 2 heterocycles. The third kappa shape index (κ3) is 2.57. The number of benzene rings is 2. The summed E-state index contributed by atoms with van der Waals surface area (Å²) in [7, 11) is 0. The Morgan fingerprint density at radius 3 is 2.54 bits per heavy atom. The fourth-order valence-corrected chi connectivity index (χ4v) is 4.46. The van der Waals surface area contributed by atoms with Gasteiger partial charge in [0, 0.05) is 10.8 Å². The summed E-state index contributed by atoms with van der Waals surface area (Å²) in [6.45, 7) is 6.29. The molecule has 0 bridgehead atoms. The maximum absolute atomic E-state index is 12.4. The highest BCUT2D eigenvalue weighted by molar-refractivity contribution is 7.17. The molecule has 0 unspecified atom stereocenters. The van der Waals surface area contributed by atoms with Gasteiger partial charge in [0.05, 0.1) is 12.1 Å². The van der Waals surface area contributed by atoms with E-state index in [1.165, 1.54) is 16.9 Å². The van der Waals surface area contributed by atoms with E-state index in [1.54, 1.807) is 0 Å². The van der Waals surface area contributed by atoms with Crippen molar-refractivity contribution in [2.45, 2.75) is 33.3 Å². The van der Waals surface area contributed by atoms with Crippen molar-refractivity contribution in [1.29, 1.82) is 0 Å². The normalized spacial score (nSPS) is 11.7.